The van der Waals surface area contributed by atoms with Gasteiger partial charge in [0.1, 0.15) is 22.3 Å². The predicted octanol–water partition coefficient (Wildman–Crippen LogP) is 2.99. The first-order valence-electron chi connectivity index (χ1n) is 5.67. The first-order chi connectivity index (χ1) is 9.52. The van der Waals surface area contributed by atoms with E-state index < -0.39 is 29.1 Å². The molecule has 0 atom stereocenters. The van der Waals surface area contributed by atoms with Gasteiger partial charge in [-0.25, -0.2) is 9.29 Å². The minimum atomic E-state index is -0.859. The number of anilines is 1. The molecular formula is C14H7ClFNO3. The molecule has 1 N–H and O–H groups in total. The molecule has 1 aliphatic heterocycles. The molecule has 2 aromatic carbocycles. The number of benzene rings is 2. The van der Waals surface area contributed by atoms with Crippen LogP contribution in [-0.4, -0.2) is 16.9 Å². The summed E-state index contributed by atoms with van der Waals surface area (Å²) in [5, 5.41) is 9.15. The number of fused-ring (bicyclic) bond motifs is 1. The van der Waals surface area contributed by atoms with Crippen LogP contribution in [-0.2, 0) is 0 Å². The maximum absolute atomic E-state index is 13.9. The Bertz CT molecular complexity index is 725. The van der Waals surface area contributed by atoms with Crippen LogP contribution in [0.4, 0.5) is 10.1 Å². The number of amides is 2. The zero-order chi connectivity index (χ0) is 14.4. The molecule has 100 valence electrons. The van der Waals surface area contributed by atoms with Crippen molar-refractivity contribution in [2.24, 2.45) is 0 Å². The van der Waals surface area contributed by atoms with Crippen LogP contribution < -0.4 is 4.90 Å². The second-order valence-electron chi connectivity index (χ2n) is 4.22. The number of halogens is 2. The van der Waals surface area contributed by atoms with Crippen LogP contribution in [0, 0.1) is 5.82 Å². The molecule has 0 radical (unpaired) electrons. The highest BCUT2D eigenvalue weighted by Crippen LogP contribution is 2.39. The van der Waals surface area contributed by atoms with Gasteiger partial charge in [0.25, 0.3) is 11.8 Å². The quantitative estimate of drug-likeness (QED) is 0.822. The lowest BCUT2D eigenvalue weighted by molar-refractivity contribution is 0.0925. The van der Waals surface area contributed by atoms with Crippen molar-refractivity contribution in [3.05, 3.63) is 58.4 Å². The lowest BCUT2D eigenvalue weighted by atomic mass is 10.1. The standard InChI is InChI=1S/C14H7ClFNO3/c15-11-10(18)6-5-9(16)12(11)17-13(19)7-3-1-2-4-8(7)14(17)20/h1-6,18H. The zero-order valence-electron chi connectivity index (χ0n) is 9.93. The number of nitrogens with zero attached hydrogens (tertiary/aromatic N) is 1. The summed E-state index contributed by atoms with van der Waals surface area (Å²) in [4.78, 5) is 25.1. The minimum absolute atomic E-state index is 0.177. The van der Waals surface area contributed by atoms with E-state index in [0.717, 1.165) is 12.1 Å². The van der Waals surface area contributed by atoms with Crippen molar-refractivity contribution >= 4 is 29.1 Å². The molecule has 1 aliphatic rings. The molecule has 2 aromatic rings. The number of hydrogen-bond donors (Lipinski definition) is 1. The molecule has 20 heavy (non-hydrogen) atoms. The second kappa shape index (κ2) is 4.31. The number of carbonyl (C=O) groups is 2. The normalized spacial score (nSPS) is 13.8. The van der Waals surface area contributed by atoms with Crippen LogP contribution in [0.3, 0.4) is 0 Å². The summed E-state index contributed by atoms with van der Waals surface area (Å²) in [7, 11) is 0. The van der Waals surface area contributed by atoms with Crippen molar-refractivity contribution in [2.75, 3.05) is 4.90 Å². The molecule has 3 rings (SSSR count). The van der Waals surface area contributed by atoms with Gasteiger partial charge in [-0.05, 0) is 24.3 Å². The number of rotatable bonds is 1. The molecule has 0 fully saturated rings. The minimum Gasteiger partial charge on any atom is -0.506 e. The average Bonchev–Trinajstić information content (AvgIpc) is 2.69. The number of hydrogen-bond acceptors (Lipinski definition) is 3. The Balaban J connectivity index is 2.22. The lowest BCUT2D eigenvalue weighted by Crippen LogP contribution is -2.30. The van der Waals surface area contributed by atoms with E-state index in [1.807, 2.05) is 0 Å². The first kappa shape index (κ1) is 12.6. The Morgan fingerprint density at radius 3 is 2.10 bits per heavy atom. The third kappa shape index (κ3) is 1.60. The summed E-state index contributed by atoms with van der Waals surface area (Å²) >= 11 is 5.82. The summed E-state index contributed by atoms with van der Waals surface area (Å²) in [5.41, 5.74) is -0.0783. The zero-order valence-corrected chi connectivity index (χ0v) is 10.7. The summed E-state index contributed by atoms with van der Waals surface area (Å²) in [6.45, 7) is 0. The van der Waals surface area contributed by atoms with E-state index in [0.29, 0.717) is 4.90 Å². The largest absolute Gasteiger partial charge is 0.506 e. The molecule has 0 aliphatic carbocycles. The third-order valence-electron chi connectivity index (χ3n) is 3.06. The fourth-order valence-corrected chi connectivity index (χ4v) is 2.37. The molecule has 0 saturated heterocycles. The Morgan fingerprint density at radius 1 is 1.00 bits per heavy atom. The number of aromatic hydroxyl groups is 1. The average molecular weight is 292 g/mol. The summed E-state index contributed by atoms with van der Waals surface area (Å²) < 4.78 is 13.9. The Kier molecular flexibility index (Phi) is 2.72. The molecule has 6 heteroatoms. The van der Waals surface area contributed by atoms with Crippen molar-refractivity contribution in [1.29, 1.82) is 0 Å². The topological polar surface area (TPSA) is 57.6 Å². The number of phenols is 1. The maximum atomic E-state index is 13.9. The molecule has 0 spiro atoms. The molecule has 0 unspecified atom stereocenters. The fourth-order valence-electron chi connectivity index (χ4n) is 2.13. The van der Waals surface area contributed by atoms with Gasteiger partial charge in [0.05, 0.1) is 11.1 Å². The van der Waals surface area contributed by atoms with Crippen molar-refractivity contribution in [2.45, 2.75) is 0 Å². The molecule has 4 nitrogen and oxygen atoms in total. The van der Waals surface area contributed by atoms with Crippen molar-refractivity contribution in [1.82, 2.24) is 0 Å². The van der Waals surface area contributed by atoms with E-state index >= 15 is 0 Å². The third-order valence-corrected chi connectivity index (χ3v) is 3.44. The number of carbonyl (C=O) groups excluding carboxylic acids is 2. The van der Waals surface area contributed by atoms with E-state index in [2.05, 4.69) is 0 Å². The highest BCUT2D eigenvalue weighted by atomic mass is 35.5. The molecule has 0 saturated carbocycles. The monoisotopic (exact) mass is 291 g/mol. The Morgan fingerprint density at radius 2 is 1.55 bits per heavy atom. The van der Waals surface area contributed by atoms with Gasteiger partial charge in [0.2, 0.25) is 0 Å². The van der Waals surface area contributed by atoms with E-state index in [4.69, 9.17) is 11.6 Å². The van der Waals surface area contributed by atoms with Crippen LogP contribution in [0.2, 0.25) is 5.02 Å². The highest BCUT2D eigenvalue weighted by molar-refractivity contribution is 6.40. The van der Waals surface area contributed by atoms with Crippen LogP contribution >= 0.6 is 11.6 Å². The Hall–Kier alpha value is -2.40. The van der Waals surface area contributed by atoms with E-state index in [1.165, 1.54) is 12.1 Å². The Labute approximate surface area is 118 Å². The van der Waals surface area contributed by atoms with E-state index in [-0.39, 0.29) is 16.1 Å². The van der Waals surface area contributed by atoms with E-state index in [9.17, 15) is 19.1 Å². The van der Waals surface area contributed by atoms with Crippen LogP contribution in [0.1, 0.15) is 20.7 Å². The van der Waals surface area contributed by atoms with Crippen molar-refractivity contribution in [3.63, 3.8) is 0 Å². The molecule has 1 heterocycles. The summed E-state index contributed by atoms with van der Waals surface area (Å²) in [5.74, 6) is -2.60. The van der Waals surface area contributed by atoms with Gasteiger partial charge in [0.15, 0.2) is 0 Å². The predicted molar refractivity (Wildman–Crippen MR) is 70.7 cm³/mol. The van der Waals surface area contributed by atoms with Crippen LogP contribution in [0.15, 0.2) is 36.4 Å². The van der Waals surface area contributed by atoms with Crippen molar-refractivity contribution < 1.29 is 19.1 Å². The fraction of sp³-hybridized carbons (Fsp3) is 0. The molecule has 2 amide bonds. The van der Waals surface area contributed by atoms with E-state index in [1.54, 1.807) is 12.1 Å². The molecule has 0 bridgehead atoms. The molecular weight excluding hydrogens is 285 g/mol. The summed E-state index contributed by atoms with van der Waals surface area (Å²) in [6, 6.07) is 8.16. The summed E-state index contributed by atoms with van der Waals surface area (Å²) in [6.07, 6.45) is 0. The number of phenolic OH excluding ortho intramolecular Hbond substituents is 1. The second-order valence-corrected chi connectivity index (χ2v) is 4.60. The van der Waals surface area contributed by atoms with Gasteiger partial charge in [-0.3, -0.25) is 9.59 Å². The van der Waals surface area contributed by atoms with Gasteiger partial charge in [-0.1, -0.05) is 23.7 Å². The SMILES string of the molecule is O=C1c2ccccc2C(=O)N1c1c(F)ccc(O)c1Cl. The van der Waals surface area contributed by atoms with Gasteiger partial charge in [0, 0.05) is 0 Å². The smallest absolute Gasteiger partial charge is 0.266 e. The van der Waals surface area contributed by atoms with Gasteiger partial charge < -0.3 is 5.11 Å². The van der Waals surface area contributed by atoms with Crippen LogP contribution in [0.25, 0.3) is 0 Å². The maximum Gasteiger partial charge on any atom is 0.266 e. The number of imide groups is 1. The molecule has 0 aromatic heterocycles. The van der Waals surface area contributed by atoms with Crippen molar-refractivity contribution in [3.8, 4) is 5.75 Å². The van der Waals surface area contributed by atoms with Crippen LogP contribution in [0.5, 0.6) is 5.75 Å². The first-order valence-corrected chi connectivity index (χ1v) is 6.05. The van der Waals surface area contributed by atoms with Gasteiger partial charge >= 0.3 is 0 Å². The van der Waals surface area contributed by atoms with Gasteiger partial charge in [-0.2, -0.15) is 0 Å². The highest BCUT2D eigenvalue weighted by Gasteiger charge is 2.39. The lowest BCUT2D eigenvalue weighted by Gasteiger charge is -2.16. The van der Waals surface area contributed by atoms with Gasteiger partial charge in [-0.15, -0.1) is 0 Å².